The fourth-order valence-electron chi connectivity index (χ4n) is 1.54. The van der Waals surface area contributed by atoms with Crippen LogP contribution in [0.15, 0.2) is 23.6 Å². The van der Waals surface area contributed by atoms with Gasteiger partial charge in [0.15, 0.2) is 5.78 Å². The first-order valence-electron chi connectivity index (χ1n) is 5.19. The lowest BCUT2D eigenvalue weighted by molar-refractivity contribution is 0.0995. The molecule has 1 aromatic carbocycles. The summed E-state index contributed by atoms with van der Waals surface area (Å²) >= 11 is 7.21. The maximum Gasteiger partial charge on any atom is 0.178 e. The van der Waals surface area contributed by atoms with Crippen LogP contribution >= 0.6 is 22.9 Å². The molecular formula is C13H9ClF2OS. The lowest BCUT2D eigenvalue weighted by Crippen LogP contribution is -2.04. The second-order valence-electron chi connectivity index (χ2n) is 3.90. The Hall–Kier alpha value is -1.26. The first-order chi connectivity index (χ1) is 8.49. The van der Waals surface area contributed by atoms with Gasteiger partial charge < -0.3 is 0 Å². The molecule has 0 aliphatic carbocycles. The van der Waals surface area contributed by atoms with Gasteiger partial charge in [0.05, 0.1) is 9.90 Å². The van der Waals surface area contributed by atoms with Gasteiger partial charge in [0.1, 0.15) is 11.6 Å². The van der Waals surface area contributed by atoms with E-state index in [4.69, 9.17) is 11.6 Å². The zero-order valence-electron chi connectivity index (χ0n) is 9.47. The molecule has 0 radical (unpaired) electrons. The highest BCUT2D eigenvalue weighted by molar-refractivity contribution is 7.13. The summed E-state index contributed by atoms with van der Waals surface area (Å²) in [6.45, 7) is 1.80. The topological polar surface area (TPSA) is 17.1 Å². The monoisotopic (exact) mass is 286 g/mol. The van der Waals surface area contributed by atoms with Crippen LogP contribution in [0.1, 0.15) is 20.8 Å². The Balaban J connectivity index is 2.24. The second kappa shape index (κ2) is 5.16. The van der Waals surface area contributed by atoms with Crippen LogP contribution in [-0.2, 0) is 6.42 Å². The number of benzene rings is 1. The SMILES string of the molecule is Cc1csc(C(=O)Cc2ccc(F)cc2F)c1Cl. The standard InChI is InChI=1S/C13H9ClF2OS/c1-7-6-18-13(12(7)14)11(17)4-8-2-3-9(15)5-10(8)16/h2-3,5-6H,4H2,1H3. The lowest BCUT2D eigenvalue weighted by Gasteiger charge is -2.02. The lowest BCUT2D eigenvalue weighted by atomic mass is 10.1. The zero-order valence-corrected chi connectivity index (χ0v) is 11.0. The average Bonchev–Trinajstić information content (AvgIpc) is 2.64. The van der Waals surface area contributed by atoms with Gasteiger partial charge in [-0.1, -0.05) is 17.7 Å². The zero-order chi connectivity index (χ0) is 13.3. The molecular weight excluding hydrogens is 278 g/mol. The van der Waals surface area contributed by atoms with E-state index in [9.17, 15) is 13.6 Å². The number of halogens is 3. The van der Waals surface area contributed by atoms with Gasteiger partial charge in [0.25, 0.3) is 0 Å². The molecule has 0 fully saturated rings. The molecule has 1 heterocycles. The van der Waals surface area contributed by atoms with Crippen molar-refractivity contribution < 1.29 is 13.6 Å². The van der Waals surface area contributed by atoms with Crippen molar-refractivity contribution in [1.29, 1.82) is 0 Å². The van der Waals surface area contributed by atoms with Gasteiger partial charge in [0, 0.05) is 12.5 Å². The Morgan fingerprint density at radius 2 is 2.11 bits per heavy atom. The molecule has 0 atom stereocenters. The smallest absolute Gasteiger partial charge is 0.178 e. The van der Waals surface area contributed by atoms with Crippen LogP contribution in [0, 0.1) is 18.6 Å². The van der Waals surface area contributed by atoms with Gasteiger partial charge in [-0.15, -0.1) is 11.3 Å². The molecule has 5 heteroatoms. The van der Waals surface area contributed by atoms with E-state index in [0.29, 0.717) is 9.90 Å². The van der Waals surface area contributed by atoms with Crippen molar-refractivity contribution in [3.05, 3.63) is 56.2 Å². The van der Waals surface area contributed by atoms with Crippen molar-refractivity contribution in [2.75, 3.05) is 0 Å². The minimum Gasteiger partial charge on any atom is -0.293 e. The fourth-order valence-corrected chi connectivity index (χ4v) is 2.78. The van der Waals surface area contributed by atoms with Gasteiger partial charge >= 0.3 is 0 Å². The Kier molecular flexibility index (Phi) is 3.78. The maximum absolute atomic E-state index is 13.4. The van der Waals surface area contributed by atoms with Gasteiger partial charge in [-0.25, -0.2) is 8.78 Å². The van der Waals surface area contributed by atoms with Gasteiger partial charge in [-0.05, 0) is 29.5 Å². The van der Waals surface area contributed by atoms with E-state index >= 15 is 0 Å². The molecule has 94 valence electrons. The van der Waals surface area contributed by atoms with Crippen molar-refractivity contribution >= 4 is 28.7 Å². The third-order valence-corrected chi connectivity index (χ3v) is 4.26. The Morgan fingerprint density at radius 3 is 2.67 bits per heavy atom. The number of aryl methyl sites for hydroxylation is 1. The van der Waals surface area contributed by atoms with Crippen LogP contribution < -0.4 is 0 Å². The quantitative estimate of drug-likeness (QED) is 0.764. The molecule has 2 rings (SSSR count). The van der Waals surface area contributed by atoms with E-state index in [1.165, 1.54) is 17.4 Å². The average molecular weight is 287 g/mol. The Morgan fingerprint density at radius 1 is 1.39 bits per heavy atom. The molecule has 0 saturated heterocycles. The highest BCUT2D eigenvalue weighted by Gasteiger charge is 2.16. The number of hydrogen-bond donors (Lipinski definition) is 0. The molecule has 0 saturated carbocycles. The summed E-state index contributed by atoms with van der Waals surface area (Å²) in [5.74, 6) is -1.63. The van der Waals surface area contributed by atoms with E-state index in [0.717, 1.165) is 17.7 Å². The fraction of sp³-hybridized carbons (Fsp3) is 0.154. The van der Waals surface area contributed by atoms with E-state index < -0.39 is 11.6 Å². The molecule has 18 heavy (non-hydrogen) atoms. The van der Waals surface area contributed by atoms with Crippen LogP contribution in [-0.4, -0.2) is 5.78 Å². The molecule has 0 unspecified atom stereocenters. The summed E-state index contributed by atoms with van der Waals surface area (Å²) in [6.07, 6.45) is -0.119. The molecule has 2 aromatic rings. The summed E-state index contributed by atoms with van der Waals surface area (Å²) in [5.41, 5.74) is 0.994. The maximum atomic E-state index is 13.4. The normalized spacial score (nSPS) is 10.7. The summed E-state index contributed by atoms with van der Waals surface area (Å²) in [4.78, 5) is 12.4. The van der Waals surface area contributed by atoms with E-state index in [2.05, 4.69) is 0 Å². The van der Waals surface area contributed by atoms with Crippen LogP contribution in [0.5, 0.6) is 0 Å². The highest BCUT2D eigenvalue weighted by atomic mass is 35.5. The number of Topliss-reactive ketones (excluding diaryl/α,β-unsaturated/α-hetero) is 1. The molecule has 0 bridgehead atoms. The molecule has 0 amide bonds. The van der Waals surface area contributed by atoms with Crippen molar-refractivity contribution in [2.45, 2.75) is 13.3 Å². The van der Waals surface area contributed by atoms with E-state index in [1.807, 2.05) is 0 Å². The number of rotatable bonds is 3. The molecule has 0 aliphatic heterocycles. The minimum atomic E-state index is -0.715. The van der Waals surface area contributed by atoms with Crippen molar-refractivity contribution in [3.63, 3.8) is 0 Å². The highest BCUT2D eigenvalue weighted by Crippen LogP contribution is 2.28. The molecule has 0 N–H and O–H groups in total. The van der Waals surface area contributed by atoms with Gasteiger partial charge in [-0.2, -0.15) is 0 Å². The number of carbonyl (C=O) groups is 1. The number of thiophene rings is 1. The third kappa shape index (κ3) is 2.60. The number of ketones is 1. The summed E-state index contributed by atoms with van der Waals surface area (Å²) < 4.78 is 26.1. The van der Waals surface area contributed by atoms with E-state index in [-0.39, 0.29) is 17.8 Å². The molecule has 1 aromatic heterocycles. The Bertz CT molecular complexity index is 607. The third-order valence-electron chi connectivity index (χ3n) is 2.52. The molecule has 0 aliphatic rings. The Labute approximate surface area is 112 Å². The summed E-state index contributed by atoms with van der Waals surface area (Å²) in [5, 5.41) is 2.18. The first-order valence-corrected chi connectivity index (χ1v) is 6.45. The van der Waals surface area contributed by atoms with Crippen LogP contribution in [0.25, 0.3) is 0 Å². The number of hydrogen-bond acceptors (Lipinski definition) is 2. The largest absolute Gasteiger partial charge is 0.293 e. The minimum absolute atomic E-state index is 0.119. The van der Waals surface area contributed by atoms with Gasteiger partial charge in [0.2, 0.25) is 0 Å². The summed E-state index contributed by atoms with van der Waals surface area (Å²) in [6, 6.07) is 3.17. The van der Waals surface area contributed by atoms with Crippen LogP contribution in [0.4, 0.5) is 8.78 Å². The molecule has 0 spiro atoms. The van der Waals surface area contributed by atoms with Crippen molar-refractivity contribution in [1.82, 2.24) is 0 Å². The van der Waals surface area contributed by atoms with Crippen LogP contribution in [0.3, 0.4) is 0 Å². The summed E-state index contributed by atoms with van der Waals surface area (Å²) in [7, 11) is 0. The second-order valence-corrected chi connectivity index (χ2v) is 5.16. The number of carbonyl (C=O) groups excluding carboxylic acids is 1. The predicted octanol–water partition coefficient (Wildman–Crippen LogP) is 4.41. The predicted molar refractivity (Wildman–Crippen MR) is 68.5 cm³/mol. The van der Waals surface area contributed by atoms with Crippen molar-refractivity contribution in [3.8, 4) is 0 Å². The first kappa shape index (κ1) is 13.2. The van der Waals surface area contributed by atoms with Crippen LogP contribution in [0.2, 0.25) is 5.02 Å². The van der Waals surface area contributed by atoms with Gasteiger partial charge in [-0.3, -0.25) is 4.79 Å². The molecule has 1 nitrogen and oxygen atoms in total. The van der Waals surface area contributed by atoms with Crippen molar-refractivity contribution in [2.24, 2.45) is 0 Å². The van der Waals surface area contributed by atoms with E-state index in [1.54, 1.807) is 12.3 Å².